The minimum Gasteiger partial charge on any atom is -0.482 e. The molecular formula is C13H11NO4S2. The summed E-state index contributed by atoms with van der Waals surface area (Å²) in [5, 5.41) is 8.56. The third kappa shape index (κ3) is 3.37. The second kappa shape index (κ2) is 6.06. The molecule has 20 heavy (non-hydrogen) atoms. The van der Waals surface area contributed by atoms with Crippen molar-refractivity contribution in [2.75, 3.05) is 13.7 Å². The molecule has 1 aliphatic rings. The molecule has 1 aliphatic heterocycles. The monoisotopic (exact) mass is 309 g/mol. The predicted molar refractivity (Wildman–Crippen MR) is 80.5 cm³/mol. The number of carboxylic acid groups (broad SMARTS) is 1. The molecule has 1 aromatic rings. The quantitative estimate of drug-likeness (QED) is 0.677. The zero-order chi connectivity index (χ0) is 14.7. The molecule has 2 rings (SSSR count). The number of hydrogen-bond acceptors (Lipinski definition) is 5. The van der Waals surface area contributed by atoms with Crippen LogP contribution in [0.2, 0.25) is 0 Å². The van der Waals surface area contributed by atoms with Gasteiger partial charge in [0.2, 0.25) is 0 Å². The van der Waals surface area contributed by atoms with E-state index >= 15 is 0 Å². The van der Waals surface area contributed by atoms with Crippen molar-refractivity contribution < 1.29 is 19.4 Å². The highest BCUT2D eigenvalue weighted by Gasteiger charge is 2.28. The number of likely N-dealkylation sites (N-methyl/N-ethyl adjacent to an activating group) is 1. The van der Waals surface area contributed by atoms with Crippen molar-refractivity contribution in [2.45, 2.75) is 0 Å². The zero-order valence-electron chi connectivity index (χ0n) is 10.5. The number of rotatable bonds is 4. The molecule has 0 atom stereocenters. The highest BCUT2D eigenvalue weighted by atomic mass is 32.2. The number of nitrogens with zero attached hydrogens (tertiary/aromatic N) is 1. The minimum absolute atomic E-state index is 0.142. The Kier molecular flexibility index (Phi) is 4.41. The van der Waals surface area contributed by atoms with Crippen molar-refractivity contribution in [3.63, 3.8) is 0 Å². The maximum absolute atomic E-state index is 11.9. The maximum Gasteiger partial charge on any atom is 0.341 e. The van der Waals surface area contributed by atoms with Crippen molar-refractivity contribution in [1.29, 1.82) is 0 Å². The van der Waals surface area contributed by atoms with E-state index in [1.54, 1.807) is 37.4 Å². The number of carbonyl (C=O) groups is 2. The van der Waals surface area contributed by atoms with E-state index in [2.05, 4.69) is 0 Å². The Morgan fingerprint density at radius 3 is 2.90 bits per heavy atom. The summed E-state index contributed by atoms with van der Waals surface area (Å²) in [6, 6.07) is 6.86. The molecule has 104 valence electrons. The zero-order valence-corrected chi connectivity index (χ0v) is 12.2. The second-order valence-electron chi connectivity index (χ2n) is 4.00. The Morgan fingerprint density at radius 2 is 2.30 bits per heavy atom. The summed E-state index contributed by atoms with van der Waals surface area (Å²) in [6.45, 7) is -0.402. The van der Waals surface area contributed by atoms with Crippen LogP contribution >= 0.6 is 24.0 Å². The Morgan fingerprint density at radius 1 is 1.55 bits per heavy atom. The number of benzene rings is 1. The molecule has 1 amide bonds. The first-order valence-corrected chi connectivity index (χ1v) is 6.86. The number of thioether (sulfide) groups is 1. The van der Waals surface area contributed by atoms with Crippen molar-refractivity contribution >= 4 is 46.3 Å². The average molecular weight is 309 g/mol. The van der Waals surface area contributed by atoms with Gasteiger partial charge in [0.15, 0.2) is 6.61 Å². The van der Waals surface area contributed by atoms with Gasteiger partial charge in [0.05, 0.1) is 4.91 Å². The van der Waals surface area contributed by atoms with E-state index in [1.807, 2.05) is 0 Å². The fourth-order valence-corrected chi connectivity index (χ4v) is 2.72. The molecule has 5 nitrogen and oxygen atoms in total. The van der Waals surface area contributed by atoms with Gasteiger partial charge in [-0.3, -0.25) is 9.69 Å². The van der Waals surface area contributed by atoms with Gasteiger partial charge in [0, 0.05) is 7.05 Å². The summed E-state index contributed by atoms with van der Waals surface area (Å²) in [6.07, 6.45) is 1.70. The van der Waals surface area contributed by atoms with Gasteiger partial charge in [-0.2, -0.15) is 0 Å². The van der Waals surface area contributed by atoms with E-state index in [-0.39, 0.29) is 5.91 Å². The van der Waals surface area contributed by atoms with Gasteiger partial charge in [0.25, 0.3) is 5.91 Å². The van der Waals surface area contributed by atoms with Gasteiger partial charge in [-0.1, -0.05) is 36.1 Å². The van der Waals surface area contributed by atoms with Crippen LogP contribution in [0, 0.1) is 0 Å². The lowest BCUT2D eigenvalue weighted by Gasteiger charge is -2.04. The molecule has 0 saturated carbocycles. The smallest absolute Gasteiger partial charge is 0.341 e. The molecule has 1 heterocycles. The third-order valence-corrected chi connectivity index (χ3v) is 3.99. The fraction of sp³-hybridized carbons (Fsp3) is 0.154. The van der Waals surface area contributed by atoms with Crippen LogP contribution in [-0.4, -0.2) is 39.9 Å². The molecule has 0 unspecified atom stereocenters. The highest BCUT2D eigenvalue weighted by Crippen LogP contribution is 2.31. The number of carbonyl (C=O) groups excluding carboxylic acids is 1. The standard InChI is InChI=1S/C13H11NO4S2/c1-14-12(17)10(20-13(14)19)6-8-3-2-4-9(5-8)18-7-11(15)16/h2-6H,7H2,1H3,(H,15,16). The third-order valence-electron chi connectivity index (χ3n) is 2.50. The fourth-order valence-electron chi connectivity index (χ4n) is 1.54. The minimum atomic E-state index is -1.04. The molecule has 1 fully saturated rings. The van der Waals surface area contributed by atoms with E-state index in [4.69, 9.17) is 22.1 Å². The van der Waals surface area contributed by atoms with Crippen LogP contribution in [0.1, 0.15) is 5.56 Å². The summed E-state index contributed by atoms with van der Waals surface area (Å²) in [7, 11) is 1.63. The number of ether oxygens (including phenoxy) is 1. The number of aliphatic carboxylic acids is 1. The molecule has 0 bridgehead atoms. The summed E-state index contributed by atoms with van der Waals surface area (Å²) in [4.78, 5) is 24.3. The Hall–Kier alpha value is -1.86. The van der Waals surface area contributed by atoms with Gasteiger partial charge in [0.1, 0.15) is 10.1 Å². The molecule has 1 N–H and O–H groups in total. The van der Waals surface area contributed by atoms with Crippen LogP contribution in [0.5, 0.6) is 5.75 Å². The lowest BCUT2D eigenvalue weighted by Crippen LogP contribution is -2.22. The molecule has 0 spiro atoms. The average Bonchev–Trinajstić information content (AvgIpc) is 2.65. The van der Waals surface area contributed by atoms with Crippen LogP contribution in [0.4, 0.5) is 0 Å². The second-order valence-corrected chi connectivity index (χ2v) is 5.67. The first-order valence-electron chi connectivity index (χ1n) is 5.63. The topological polar surface area (TPSA) is 66.8 Å². The first-order chi connectivity index (χ1) is 9.47. The van der Waals surface area contributed by atoms with Gasteiger partial charge in [-0.05, 0) is 23.8 Å². The van der Waals surface area contributed by atoms with Gasteiger partial charge in [-0.25, -0.2) is 4.79 Å². The Bertz CT molecular complexity index is 612. The molecular weight excluding hydrogens is 298 g/mol. The Balaban J connectivity index is 2.18. The number of thiocarbonyl (C=S) groups is 1. The van der Waals surface area contributed by atoms with Crippen molar-refractivity contribution in [3.05, 3.63) is 34.7 Å². The van der Waals surface area contributed by atoms with E-state index in [1.165, 1.54) is 16.7 Å². The SMILES string of the molecule is CN1C(=O)C(=Cc2cccc(OCC(=O)O)c2)SC1=S. The van der Waals surface area contributed by atoms with Crippen LogP contribution in [0.25, 0.3) is 6.08 Å². The van der Waals surface area contributed by atoms with Gasteiger partial charge < -0.3 is 9.84 Å². The number of amides is 1. The summed E-state index contributed by atoms with van der Waals surface area (Å²) in [5.74, 6) is -0.743. The highest BCUT2D eigenvalue weighted by molar-refractivity contribution is 8.26. The van der Waals surface area contributed by atoms with E-state index < -0.39 is 12.6 Å². The van der Waals surface area contributed by atoms with Crippen LogP contribution in [-0.2, 0) is 9.59 Å². The van der Waals surface area contributed by atoms with Crippen molar-refractivity contribution in [1.82, 2.24) is 4.90 Å². The molecule has 0 aliphatic carbocycles. The molecule has 1 saturated heterocycles. The normalized spacial score (nSPS) is 16.9. The van der Waals surface area contributed by atoms with E-state index in [0.717, 1.165) is 5.56 Å². The number of carboxylic acids is 1. The lowest BCUT2D eigenvalue weighted by molar-refractivity contribution is -0.139. The van der Waals surface area contributed by atoms with Crippen LogP contribution in [0.3, 0.4) is 0 Å². The van der Waals surface area contributed by atoms with Gasteiger partial charge in [-0.15, -0.1) is 0 Å². The molecule has 0 aromatic heterocycles. The summed E-state index contributed by atoms with van der Waals surface area (Å²) >= 11 is 6.28. The summed E-state index contributed by atoms with van der Waals surface area (Å²) < 4.78 is 5.60. The van der Waals surface area contributed by atoms with Crippen molar-refractivity contribution in [2.24, 2.45) is 0 Å². The first kappa shape index (κ1) is 14.5. The van der Waals surface area contributed by atoms with E-state index in [9.17, 15) is 9.59 Å². The Labute approximate surface area is 125 Å². The van der Waals surface area contributed by atoms with Crippen molar-refractivity contribution in [3.8, 4) is 5.75 Å². The van der Waals surface area contributed by atoms with E-state index in [0.29, 0.717) is 15.0 Å². The molecule has 7 heteroatoms. The maximum atomic E-state index is 11.9. The largest absolute Gasteiger partial charge is 0.482 e. The van der Waals surface area contributed by atoms with Crippen LogP contribution < -0.4 is 4.74 Å². The van der Waals surface area contributed by atoms with Crippen LogP contribution in [0.15, 0.2) is 29.2 Å². The number of hydrogen-bond donors (Lipinski definition) is 1. The van der Waals surface area contributed by atoms with Gasteiger partial charge >= 0.3 is 5.97 Å². The summed E-state index contributed by atoms with van der Waals surface area (Å²) in [5.41, 5.74) is 0.752. The molecule has 1 aromatic carbocycles. The lowest BCUT2D eigenvalue weighted by atomic mass is 10.2. The molecule has 0 radical (unpaired) electrons. The predicted octanol–water partition coefficient (Wildman–Crippen LogP) is 1.98.